The molecule has 24 heavy (non-hydrogen) atoms. The number of carbonyl (C=O) groups is 1. The summed E-state index contributed by atoms with van der Waals surface area (Å²) in [7, 11) is 1.52. The van der Waals surface area contributed by atoms with Crippen LogP contribution >= 0.6 is 11.6 Å². The Kier molecular flexibility index (Phi) is 6.03. The van der Waals surface area contributed by atoms with E-state index in [4.69, 9.17) is 26.2 Å². The van der Waals surface area contributed by atoms with Crippen LogP contribution in [-0.4, -0.2) is 31.0 Å². The summed E-state index contributed by atoms with van der Waals surface area (Å²) >= 11 is 6.19. The molecule has 0 saturated heterocycles. The smallest absolute Gasteiger partial charge is 0.337 e. The molecular weight excluding hydrogens is 332 g/mol. The van der Waals surface area contributed by atoms with Crippen molar-refractivity contribution in [3.8, 4) is 11.5 Å². The highest BCUT2D eigenvalue weighted by Crippen LogP contribution is 2.36. The van der Waals surface area contributed by atoms with Gasteiger partial charge in [-0.15, -0.1) is 0 Å². The van der Waals surface area contributed by atoms with Crippen molar-refractivity contribution in [1.29, 1.82) is 0 Å². The molecular formula is C17H17ClN2O4. The second-order valence-electron chi connectivity index (χ2n) is 4.69. The number of nitrogens with one attached hydrogen (secondary N) is 1. The zero-order chi connectivity index (χ0) is 17.5. The van der Waals surface area contributed by atoms with Crippen molar-refractivity contribution in [3.05, 3.63) is 52.5 Å². The van der Waals surface area contributed by atoms with Gasteiger partial charge in [0, 0.05) is 0 Å². The van der Waals surface area contributed by atoms with Crippen LogP contribution in [0.4, 0.5) is 5.69 Å². The number of nitrogens with zero attached hydrogens (tertiary/aromatic N) is 1. The summed E-state index contributed by atoms with van der Waals surface area (Å²) in [5.74, 6) is -0.0567. The maximum atomic E-state index is 11.1. The van der Waals surface area contributed by atoms with Crippen LogP contribution in [-0.2, 0) is 0 Å². The fourth-order valence-electron chi connectivity index (χ4n) is 2.04. The Morgan fingerprint density at radius 2 is 2.12 bits per heavy atom. The number of hydrogen-bond acceptors (Lipinski definition) is 5. The number of rotatable bonds is 7. The maximum Gasteiger partial charge on any atom is 0.337 e. The highest BCUT2D eigenvalue weighted by molar-refractivity contribution is 6.32. The molecule has 0 amide bonds. The molecule has 0 atom stereocenters. The van der Waals surface area contributed by atoms with E-state index in [0.717, 1.165) is 0 Å². The van der Waals surface area contributed by atoms with E-state index in [1.165, 1.54) is 19.4 Å². The summed E-state index contributed by atoms with van der Waals surface area (Å²) in [6.07, 6.45) is 1.52. The lowest BCUT2D eigenvalue weighted by Gasteiger charge is -2.11. The van der Waals surface area contributed by atoms with Crippen molar-refractivity contribution in [2.75, 3.05) is 19.1 Å². The first-order chi connectivity index (χ1) is 11.6. The monoisotopic (exact) mass is 348 g/mol. The van der Waals surface area contributed by atoms with Crippen LogP contribution in [0.3, 0.4) is 0 Å². The van der Waals surface area contributed by atoms with E-state index in [-0.39, 0.29) is 5.56 Å². The molecule has 2 aromatic rings. The van der Waals surface area contributed by atoms with E-state index in [9.17, 15) is 4.79 Å². The third kappa shape index (κ3) is 4.17. The number of carboxylic acid groups (broad SMARTS) is 1. The predicted molar refractivity (Wildman–Crippen MR) is 93.8 cm³/mol. The lowest BCUT2D eigenvalue weighted by molar-refractivity contribution is 0.0698. The summed E-state index contributed by atoms with van der Waals surface area (Å²) in [5.41, 5.74) is 3.92. The van der Waals surface area contributed by atoms with E-state index < -0.39 is 5.97 Å². The Balaban J connectivity index is 2.21. The number of benzene rings is 2. The fraction of sp³-hybridized carbons (Fsp3) is 0.176. The summed E-state index contributed by atoms with van der Waals surface area (Å²) in [6, 6.07) is 9.91. The molecule has 0 saturated carbocycles. The van der Waals surface area contributed by atoms with Crippen molar-refractivity contribution in [3.63, 3.8) is 0 Å². The number of carboxylic acids is 1. The first-order valence-corrected chi connectivity index (χ1v) is 7.56. The van der Waals surface area contributed by atoms with Crippen LogP contribution in [0.5, 0.6) is 11.5 Å². The number of hydrazone groups is 1. The molecule has 0 fully saturated rings. The predicted octanol–water partition coefficient (Wildman–Crippen LogP) is 3.89. The fourth-order valence-corrected chi connectivity index (χ4v) is 2.32. The van der Waals surface area contributed by atoms with Gasteiger partial charge in [-0.1, -0.05) is 23.7 Å². The number of para-hydroxylation sites is 1. The zero-order valence-electron chi connectivity index (χ0n) is 13.2. The Morgan fingerprint density at radius 3 is 2.79 bits per heavy atom. The maximum absolute atomic E-state index is 11.1. The number of anilines is 1. The number of ether oxygens (including phenoxy) is 2. The Bertz CT molecular complexity index is 762. The minimum absolute atomic E-state index is 0.136. The van der Waals surface area contributed by atoms with Crippen LogP contribution in [0, 0.1) is 0 Å². The quantitative estimate of drug-likeness (QED) is 0.586. The van der Waals surface area contributed by atoms with Gasteiger partial charge in [-0.2, -0.15) is 5.10 Å². The summed E-state index contributed by atoms with van der Waals surface area (Å²) in [5, 5.41) is 13.6. The molecule has 0 aliphatic heterocycles. The molecule has 0 bridgehead atoms. The van der Waals surface area contributed by atoms with Gasteiger partial charge in [-0.3, -0.25) is 5.43 Å². The van der Waals surface area contributed by atoms with Crippen LogP contribution in [0.1, 0.15) is 22.8 Å². The average molecular weight is 349 g/mol. The van der Waals surface area contributed by atoms with Crippen LogP contribution in [0.2, 0.25) is 5.02 Å². The van der Waals surface area contributed by atoms with E-state index in [0.29, 0.717) is 34.4 Å². The van der Waals surface area contributed by atoms with Crippen molar-refractivity contribution in [2.45, 2.75) is 6.92 Å². The molecule has 0 heterocycles. The molecule has 6 nitrogen and oxygen atoms in total. The highest BCUT2D eigenvalue weighted by Gasteiger charge is 2.11. The van der Waals surface area contributed by atoms with Crippen molar-refractivity contribution < 1.29 is 19.4 Å². The van der Waals surface area contributed by atoms with Crippen LogP contribution in [0.25, 0.3) is 0 Å². The topological polar surface area (TPSA) is 80.2 Å². The Labute approximate surface area is 144 Å². The largest absolute Gasteiger partial charge is 0.493 e. The summed E-state index contributed by atoms with van der Waals surface area (Å²) in [6.45, 7) is 2.33. The van der Waals surface area contributed by atoms with Gasteiger partial charge >= 0.3 is 5.97 Å². The summed E-state index contributed by atoms with van der Waals surface area (Å²) < 4.78 is 10.7. The molecule has 7 heteroatoms. The van der Waals surface area contributed by atoms with E-state index in [1.807, 2.05) is 6.92 Å². The minimum Gasteiger partial charge on any atom is -0.493 e. The van der Waals surface area contributed by atoms with Crippen molar-refractivity contribution >= 4 is 29.5 Å². The number of hydrogen-bond donors (Lipinski definition) is 2. The SMILES string of the molecule is CCOc1c(Cl)cc(C=NNc2ccccc2C(=O)O)cc1OC. The van der Waals surface area contributed by atoms with Gasteiger partial charge in [0.05, 0.1) is 36.2 Å². The third-order valence-corrected chi connectivity index (χ3v) is 3.38. The van der Waals surface area contributed by atoms with Gasteiger partial charge in [-0.25, -0.2) is 4.79 Å². The van der Waals surface area contributed by atoms with E-state index >= 15 is 0 Å². The number of halogens is 1. The van der Waals surface area contributed by atoms with Gasteiger partial charge in [0.1, 0.15) is 0 Å². The second kappa shape index (κ2) is 8.21. The van der Waals surface area contributed by atoms with Gasteiger partial charge in [0.25, 0.3) is 0 Å². The standard InChI is InChI=1S/C17H17ClN2O4/c1-3-24-16-13(18)8-11(9-15(16)23-2)10-19-20-14-7-5-4-6-12(14)17(21)22/h4-10,20H,3H2,1-2H3,(H,21,22). The highest BCUT2D eigenvalue weighted by atomic mass is 35.5. The lowest BCUT2D eigenvalue weighted by Crippen LogP contribution is -2.02. The molecule has 126 valence electrons. The normalized spacial score (nSPS) is 10.6. The van der Waals surface area contributed by atoms with E-state index in [1.54, 1.807) is 30.3 Å². The molecule has 0 unspecified atom stereocenters. The van der Waals surface area contributed by atoms with Crippen LogP contribution < -0.4 is 14.9 Å². The number of aromatic carboxylic acids is 1. The molecule has 2 rings (SSSR count). The third-order valence-electron chi connectivity index (χ3n) is 3.10. The van der Waals surface area contributed by atoms with Crippen molar-refractivity contribution in [2.24, 2.45) is 5.10 Å². The Morgan fingerprint density at radius 1 is 1.38 bits per heavy atom. The van der Waals surface area contributed by atoms with Gasteiger partial charge < -0.3 is 14.6 Å². The Hall–Kier alpha value is -2.73. The molecule has 0 aliphatic carbocycles. The van der Waals surface area contributed by atoms with Crippen LogP contribution in [0.15, 0.2) is 41.5 Å². The lowest BCUT2D eigenvalue weighted by atomic mass is 10.2. The molecule has 2 aromatic carbocycles. The van der Waals surface area contributed by atoms with Gasteiger partial charge in [0.15, 0.2) is 11.5 Å². The molecule has 0 aliphatic rings. The van der Waals surface area contributed by atoms with Gasteiger partial charge in [0.2, 0.25) is 0 Å². The van der Waals surface area contributed by atoms with Crippen molar-refractivity contribution in [1.82, 2.24) is 0 Å². The number of methoxy groups -OCH3 is 1. The zero-order valence-corrected chi connectivity index (χ0v) is 14.0. The van der Waals surface area contributed by atoms with Gasteiger partial charge in [-0.05, 0) is 36.8 Å². The molecule has 2 N–H and O–H groups in total. The second-order valence-corrected chi connectivity index (χ2v) is 5.10. The minimum atomic E-state index is -1.03. The molecule has 0 radical (unpaired) electrons. The molecule has 0 spiro atoms. The summed E-state index contributed by atoms with van der Waals surface area (Å²) in [4.78, 5) is 11.1. The molecule has 0 aromatic heterocycles. The van der Waals surface area contributed by atoms with E-state index in [2.05, 4.69) is 10.5 Å². The first kappa shape index (κ1) is 17.6. The average Bonchev–Trinajstić information content (AvgIpc) is 2.57. The first-order valence-electron chi connectivity index (χ1n) is 7.18.